The zero-order valence-electron chi connectivity index (χ0n) is 12.9. The molecule has 2 aliphatic rings. The van der Waals surface area contributed by atoms with Crippen molar-refractivity contribution in [1.29, 1.82) is 0 Å². The molecule has 1 aromatic carbocycles. The lowest BCUT2D eigenvalue weighted by atomic mass is 10.2. The predicted octanol–water partition coefficient (Wildman–Crippen LogP) is 2.33. The van der Waals surface area contributed by atoms with Gasteiger partial charge in [-0.2, -0.15) is 0 Å². The number of nitrogens with zero attached hydrogens (tertiary/aromatic N) is 2. The van der Waals surface area contributed by atoms with E-state index in [-0.39, 0.29) is 6.03 Å². The molecular weight excluding hydrogens is 288 g/mol. The van der Waals surface area contributed by atoms with Crippen LogP contribution in [0.15, 0.2) is 54.7 Å². The van der Waals surface area contributed by atoms with Crippen LogP contribution in [-0.4, -0.2) is 35.0 Å². The van der Waals surface area contributed by atoms with Crippen LogP contribution in [0.2, 0.25) is 0 Å². The molecule has 2 fully saturated rings. The number of carbonyl (C=O) groups is 1. The van der Waals surface area contributed by atoms with Gasteiger partial charge in [0.25, 0.3) is 0 Å². The summed E-state index contributed by atoms with van der Waals surface area (Å²) in [4.78, 5) is 18.6. The van der Waals surface area contributed by atoms with Gasteiger partial charge in [0.05, 0.1) is 0 Å². The zero-order chi connectivity index (χ0) is 15.6. The Morgan fingerprint density at radius 3 is 2.52 bits per heavy atom. The lowest BCUT2D eigenvalue weighted by Gasteiger charge is -2.20. The fourth-order valence-electron chi connectivity index (χ4n) is 3.54. The van der Waals surface area contributed by atoms with E-state index in [4.69, 9.17) is 0 Å². The van der Waals surface area contributed by atoms with Crippen LogP contribution in [0.25, 0.3) is 0 Å². The van der Waals surface area contributed by atoms with Gasteiger partial charge in [0.1, 0.15) is 5.82 Å². The Hall–Kier alpha value is -2.40. The SMILES string of the molecule is O=C(Nc1ccccn1)NC1C2CN(Cc3ccccc3)CC21. The Labute approximate surface area is 135 Å². The molecule has 0 radical (unpaired) electrons. The summed E-state index contributed by atoms with van der Waals surface area (Å²) < 4.78 is 0. The van der Waals surface area contributed by atoms with Gasteiger partial charge in [-0.05, 0) is 29.5 Å². The summed E-state index contributed by atoms with van der Waals surface area (Å²) in [5.41, 5.74) is 1.35. The Balaban J connectivity index is 1.24. The Morgan fingerprint density at radius 1 is 1.09 bits per heavy atom. The van der Waals surface area contributed by atoms with Gasteiger partial charge in [-0.25, -0.2) is 9.78 Å². The molecule has 1 saturated carbocycles. The normalized spacial score (nSPS) is 25.7. The molecule has 5 nitrogen and oxygen atoms in total. The molecule has 2 unspecified atom stereocenters. The number of carbonyl (C=O) groups excluding carboxylic acids is 1. The zero-order valence-corrected chi connectivity index (χ0v) is 12.9. The molecule has 0 bridgehead atoms. The van der Waals surface area contributed by atoms with Crippen LogP contribution in [0, 0.1) is 11.8 Å². The fourth-order valence-corrected chi connectivity index (χ4v) is 3.54. The molecule has 4 rings (SSSR count). The second-order valence-electron chi connectivity index (χ2n) is 6.35. The number of urea groups is 1. The van der Waals surface area contributed by atoms with E-state index in [1.807, 2.05) is 18.2 Å². The summed E-state index contributed by atoms with van der Waals surface area (Å²) in [6.07, 6.45) is 1.67. The van der Waals surface area contributed by atoms with E-state index in [2.05, 4.69) is 44.8 Å². The second-order valence-corrected chi connectivity index (χ2v) is 6.35. The number of nitrogens with one attached hydrogen (secondary N) is 2. The number of anilines is 1. The first kappa shape index (κ1) is 14.2. The molecule has 1 aliphatic heterocycles. The molecule has 1 aromatic heterocycles. The van der Waals surface area contributed by atoms with E-state index in [0.29, 0.717) is 23.7 Å². The number of piperidine rings is 1. The minimum absolute atomic E-state index is 0.155. The van der Waals surface area contributed by atoms with Gasteiger partial charge in [-0.1, -0.05) is 36.4 Å². The monoisotopic (exact) mass is 308 g/mol. The third-order valence-corrected chi connectivity index (χ3v) is 4.72. The molecule has 1 aliphatic carbocycles. The Kier molecular flexibility index (Phi) is 3.71. The molecule has 2 heterocycles. The highest BCUT2D eigenvalue weighted by molar-refractivity contribution is 5.88. The van der Waals surface area contributed by atoms with E-state index in [1.165, 1.54) is 5.56 Å². The second kappa shape index (κ2) is 6.01. The van der Waals surface area contributed by atoms with E-state index >= 15 is 0 Å². The number of pyridine rings is 1. The van der Waals surface area contributed by atoms with Crippen LogP contribution in [0.4, 0.5) is 10.6 Å². The van der Waals surface area contributed by atoms with Crippen molar-refractivity contribution in [3.8, 4) is 0 Å². The number of hydrogen-bond acceptors (Lipinski definition) is 3. The Morgan fingerprint density at radius 2 is 1.83 bits per heavy atom. The first-order valence-corrected chi connectivity index (χ1v) is 8.04. The van der Waals surface area contributed by atoms with Crippen molar-refractivity contribution in [2.75, 3.05) is 18.4 Å². The maximum atomic E-state index is 12.0. The molecule has 2 amide bonds. The van der Waals surface area contributed by atoms with Crippen LogP contribution in [-0.2, 0) is 6.54 Å². The average Bonchev–Trinajstić information content (AvgIpc) is 3.01. The number of amides is 2. The first-order valence-electron chi connectivity index (χ1n) is 8.04. The molecule has 5 heteroatoms. The van der Waals surface area contributed by atoms with Crippen molar-refractivity contribution >= 4 is 11.8 Å². The standard InChI is InChI=1S/C18H20N4O/c23-18(20-16-8-4-5-9-19-16)21-17-14-11-22(12-15(14)17)10-13-6-2-1-3-7-13/h1-9,14-15,17H,10-12H2,(H2,19,20,21,23). The van der Waals surface area contributed by atoms with E-state index in [9.17, 15) is 4.79 Å². The first-order chi connectivity index (χ1) is 11.3. The van der Waals surface area contributed by atoms with E-state index < -0.39 is 0 Å². The van der Waals surface area contributed by atoms with Crippen molar-refractivity contribution in [3.63, 3.8) is 0 Å². The fraction of sp³-hybridized carbons (Fsp3) is 0.333. The summed E-state index contributed by atoms with van der Waals surface area (Å²) in [6.45, 7) is 3.13. The van der Waals surface area contributed by atoms with Gasteiger partial charge in [0.15, 0.2) is 0 Å². The van der Waals surface area contributed by atoms with Crippen molar-refractivity contribution in [2.24, 2.45) is 11.8 Å². The molecule has 1 saturated heterocycles. The molecule has 2 atom stereocenters. The molecular formula is C18H20N4O. The number of benzene rings is 1. The van der Waals surface area contributed by atoms with E-state index in [1.54, 1.807) is 12.3 Å². The van der Waals surface area contributed by atoms with Gasteiger partial charge >= 0.3 is 6.03 Å². The predicted molar refractivity (Wildman–Crippen MR) is 88.9 cm³/mol. The molecule has 0 spiro atoms. The van der Waals surface area contributed by atoms with Gasteiger partial charge in [0.2, 0.25) is 0 Å². The number of likely N-dealkylation sites (tertiary alicyclic amines) is 1. The van der Waals surface area contributed by atoms with Gasteiger partial charge in [-0.3, -0.25) is 10.2 Å². The minimum Gasteiger partial charge on any atom is -0.334 e. The Bertz CT molecular complexity index is 664. The van der Waals surface area contributed by atoms with Crippen molar-refractivity contribution in [1.82, 2.24) is 15.2 Å². The molecule has 23 heavy (non-hydrogen) atoms. The van der Waals surface area contributed by atoms with Crippen LogP contribution >= 0.6 is 0 Å². The van der Waals surface area contributed by atoms with Crippen LogP contribution < -0.4 is 10.6 Å². The summed E-state index contributed by atoms with van der Waals surface area (Å²) in [5.74, 6) is 1.77. The number of hydrogen-bond donors (Lipinski definition) is 2. The van der Waals surface area contributed by atoms with Crippen LogP contribution in [0.3, 0.4) is 0 Å². The lowest BCUT2D eigenvalue weighted by molar-refractivity contribution is 0.245. The number of rotatable bonds is 4. The summed E-state index contributed by atoms with van der Waals surface area (Å²) in [7, 11) is 0. The quantitative estimate of drug-likeness (QED) is 0.911. The average molecular weight is 308 g/mol. The molecule has 2 aromatic rings. The van der Waals surface area contributed by atoms with Crippen molar-refractivity contribution in [2.45, 2.75) is 12.6 Å². The summed E-state index contributed by atoms with van der Waals surface area (Å²) >= 11 is 0. The maximum Gasteiger partial charge on any atom is 0.320 e. The largest absolute Gasteiger partial charge is 0.334 e. The van der Waals surface area contributed by atoms with Gasteiger partial charge in [-0.15, -0.1) is 0 Å². The smallest absolute Gasteiger partial charge is 0.320 e. The minimum atomic E-state index is -0.155. The number of aromatic nitrogens is 1. The highest BCUT2D eigenvalue weighted by atomic mass is 16.2. The van der Waals surface area contributed by atoms with Crippen LogP contribution in [0.5, 0.6) is 0 Å². The molecule has 118 valence electrons. The maximum absolute atomic E-state index is 12.0. The third-order valence-electron chi connectivity index (χ3n) is 4.72. The van der Waals surface area contributed by atoms with Gasteiger partial charge in [0, 0.05) is 31.9 Å². The summed E-state index contributed by atoms with van der Waals surface area (Å²) in [5, 5.41) is 5.85. The van der Waals surface area contributed by atoms with Crippen LogP contribution in [0.1, 0.15) is 5.56 Å². The van der Waals surface area contributed by atoms with Crippen molar-refractivity contribution < 1.29 is 4.79 Å². The topological polar surface area (TPSA) is 57.3 Å². The van der Waals surface area contributed by atoms with E-state index in [0.717, 1.165) is 19.6 Å². The lowest BCUT2D eigenvalue weighted by Crippen LogP contribution is -2.37. The highest BCUT2D eigenvalue weighted by Gasteiger charge is 2.56. The number of fused-ring (bicyclic) bond motifs is 1. The third kappa shape index (κ3) is 3.19. The molecule has 2 N–H and O–H groups in total. The summed E-state index contributed by atoms with van der Waals surface area (Å²) in [6, 6.07) is 16.2. The highest BCUT2D eigenvalue weighted by Crippen LogP contribution is 2.45. The van der Waals surface area contributed by atoms with Crippen molar-refractivity contribution in [3.05, 3.63) is 60.3 Å². The van der Waals surface area contributed by atoms with Gasteiger partial charge < -0.3 is 5.32 Å².